The molecule has 2 aromatic rings. The molecule has 0 atom stereocenters. The molecule has 2 heteroatoms. The summed E-state index contributed by atoms with van der Waals surface area (Å²) in [5.41, 5.74) is 2.66. The van der Waals surface area contributed by atoms with Crippen molar-refractivity contribution >= 4 is 11.3 Å². The zero-order valence-electron chi connectivity index (χ0n) is 9.48. The number of hydrogen-bond acceptors (Lipinski definition) is 2. The van der Waals surface area contributed by atoms with Crippen molar-refractivity contribution in [2.24, 2.45) is 0 Å². The van der Waals surface area contributed by atoms with Gasteiger partial charge in [-0.15, -0.1) is 11.3 Å². The molecule has 0 saturated carbocycles. The first-order valence-corrected chi connectivity index (χ1v) is 6.39. The molecule has 16 heavy (non-hydrogen) atoms. The van der Waals surface area contributed by atoms with Gasteiger partial charge in [0.1, 0.15) is 0 Å². The van der Waals surface area contributed by atoms with Crippen molar-refractivity contribution in [3.63, 3.8) is 0 Å². The van der Waals surface area contributed by atoms with Crippen LogP contribution in [0.1, 0.15) is 16.0 Å². The summed E-state index contributed by atoms with van der Waals surface area (Å²) in [5.74, 6) is 0. The SMILES string of the molecule is Cc1sccc1CCOCc1ccccc1. The molecule has 0 aliphatic carbocycles. The van der Waals surface area contributed by atoms with Gasteiger partial charge in [-0.2, -0.15) is 0 Å². The summed E-state index contributed by atoms with van der Waals surface area (Å²) in [4.78, 5) is 1.41. The maximum absolute atomic E-state index is 5.65. The fourth-order valence-corrected chi connectivity index (χ4v) is 2.37. The van der Waals surface area contributed by atoms with Crippen LogP contribution in [0.25, 0.3) is 0 Å². The number of rotatable bonds is 5. The maximum atomic E-state index is 5.65. The van der Waals surface area contributed by atoms with Crippen LogP contribution >= 0.6 is 11.3 Å². The quantitative estimate of drug-likeness (QED) is 0.712. The molecule has 0 aliphatic rings. The summed E-state index contributed by atoms with van der Waals surface area (Å²) >= 11 is 1.80. The number of thiophene rings is 1. The molecule has 0 spiro atoms. The van der Waals surface area contributed by atoms with E-state index in [-0.39, 0.29) is 0 Å². The predicted octanol–water partition coefficient (Wildman–Crippen LogP) is 3.82. The molecule has 0 radical (unpaired) electrons. The highest BCUT2D eigenvalue weighted by Gasteiger charge is 1.99. The van der Waals surface area contributed by atoms with Gasteiger partial charge < -0.3 is 4.74 Å². The van der Waals surface area contributed by atoms with Gasteiger partial charge in [-0.1, -0.05) is 30.3 Å². The van der Waals surface area contributed by atoms with Crippen molar-refractivity contribution < 1.29 is 4.74 Å². The van der Waals surface area contributed by atoms with Crippen molar-refractivity contribution in [2.75, 3.05) is 6.61 Å². The first-order valence-electron chi connectivity index (χ1n) is 5.51. The first kappa shape index (κ1) is 11.4. The van der Waals surface area contributed by atoms with Crippen molar-refractivity contribution in [3.05, 3.63) is 57.8 Å². The second kappa shape index (κ2) is 5.83. The van der Waals surface area contributed by atoms with Crippen LogP contribution in [0.3, 0.4) is 0 Å². The van der Waals surface area contributed by atoms with Crippen LogP contribution in [0.5, 0.6) is 0 Å². The van der Waals surface area contributed by atoms with Crippen molar-refractivity contribution in [2.45, 2.75) is 20.0 Å². The Bertz CT molecular complexity index is 419. The Morgan fingerprint density at radius 3 is 2.62 bits per heavy atom. The number of hydrogen-bond donors (Lipinski definition) is 0. The summed E-state index contributed by atoms with van der Waals surface area (Å²) in [6.45, 7) is 3.67. The summed E-state index contributed by atoms with van der Waals surface area (Å²) in [5, 5.41) is 2.14. The highest BCUT2D eigenvalue weighted by atomic mass is 32.1. The Labute approximate surface area is 101 Å². The third-order valence-electron chi connectivity index (χ3n) is 2.59. The molecule has 84 valence electrons. The lowest BCUT2D eigenvalue weighted by Gasteiger charge is -2.04. The Morgan fingerprint density at radius 1 is 1.12 bits per heavy atom. The van der Waals surface area contributed by atoms with Crippen LogP contribution in [0, 0.1) is 6.92 Å². The van der Waals surface area contributed by atoms with E-state index in [9.17, 15) is 0 Å². The summed E-state index contributed by atoms with van der Waals surface area (Å²) in [6, 6.07) is 12.5. The average molecular weight is 232 g/mol. The minimum atomic E-state index is 0.712. The molecule has 0 aliphatic heterocycles. The van der Waals surface area contributed by atoms with E-state index in [0.717, 1.165) is 13.0 Å². The largest absolute Gasteiger partial charge is 0.376 e. The molecule has 0 bridgehead atoms. The van der Waals surface area contributed by atoms with Crippen LogP contribution in [0.2, 0.25) is 0 Å². The van der Waals surface area contributed by atoms with Gasteiger partial charge in [0.2, 0.25) is 0 Å². The molecule has 0 amide bonds. The third-order valence-corrected chi connectivity index (χ3v) is 3.48. The molecule has 0 N–H and O–H groups in total. The second-order valence-electron chi connectivity index (χ2n) is 3.79. The number of ether oxygens (including phenoxy) is 1. The lowest BCUT2D eigenvalue weighted by atomic mass is 10.2. The van der Waals surface area contributed by atoms with Crippen LogP contribution in [0.4, 0.5) is 0 Å². The van der Waals surface area contributed by atoms with E-state index in [1.165, 1.54) is 16.0 Å². The fourth-order valence-electron chi connectivity index (χ4n) is 1.62. The zero-order valence-corrected chi connectivity index (χ0v) is 10.3. The zero-order chi connectivity index (χ0) is 11.2. The minimum Gasteiger partial charge on any atom is -0.376 e. The topological polar surface area (TPSA) is 9.23 Å². The van der Waals surface area contributed by atoms with E-state index in [1.807, 2.05) is 18.2 Å². The smallest absolute Gasteiger partial charge is 0.0717 e. The summed E-state index contributed by atoms with van der Waals surface area (Å²) in [7, 11) is 0. The number of benzene rings is 1. The maximum Gasteiger partial charge on any atom is 0.0717 e. The van der Waals surface area contributed by atoms with Crippen molar-refractivity contribution in [1.82, 2.24) is 0 Å². The normalized spacial score (nSPS) is 10.6. The number of aryl methyl sites for hydroxylation is 1. The standard InChI is InChI=1S/C14H16OS/c1-12-14(8-10-16-12)7-9-15-11-13-5-3-2-4-6-13/h2-6,8,10H,7,9,11H2,1H3. The molecule has 0 fully saturated rings. The second-order valence-corrected chi connectivity index (χ2v) is 4.91. The highest BCUT2D eigenvalue weighted by Crippen LogP contribution is 2.15. The Hall–Kier alpha value is -1.12. The monoisotopic (exact) mass is 232 g/mol. The van der Waals surface area contributed by atoms with E-state index >= 15 is 0 Å². The fraction of sp³-hybridized carbons (Fsp3) is 0.286. The van der Waals surface area contributed by atoms with Gasteiger partial charge in [-0.25, -0.2) is 0 Å². The predicted molar refractivity (Wildman–Crippen MR) is 68.9 cm³/mol. The van der Waals surface area contributed by atoms with E-state index in [2.05, 4.69) is 30.5 Å². The lowest BCUT2D eigenvalue weighted by Crippen LogP contribution is -1.98. The van der Waals surface area contributed by atoms with Gasteiger partial charge in [0.15, 0.2) is 0 Å². The minimum absolute atomic E-state index is 0.712. The molecule has 1 aromatic carbocycles. The molecule has 0 unspecified atom stereocenters. The van der Waals surface area contributed by atoms with E-state index in [4.69, 9.17) is 4.74 Å². The van der Waals surface area contributed by atoms with Crippen LogP contribution in [-0.2, 0) is 17.8 Å². The Kier molecular flexibility index (Phi) is 4.14. The van der Waals surface area contributed by atoms with Gasteiger partial charge in [-0.3, -0.25) is 0 Å². The first-order chi connectivity index (χ1) is 7.86. The van der Waals surface area contributed by atoms with E-state index in [0.29, 0.717) is 6.61 Å². The molecule has 1 heterocycles. The molecular weight excluding hydrogens is 216 g/mol. The van der Waals surface area contributed by atoms with Crippen LogP contribution in [0.15, 0.2) is 41.8 Å². The van der Waals surface area contributed by atoms with Gasteiger partial charge in [0.25, 0.3) is 0 Å². The van der Waals surface area contributed by atoms with E-state index in [1.54, 1.807) is 11.3 Å². The molecule has 1 nitrogen and oxygen atoms in total. The van der Waals surface area contributed by atoms with E-state index < -0.39 is 0 Å². The van der Waals surface area contributed by atoms with Crippen molar-refractivity contribution in [1.29, 1.82) is 0 Å². The third kappa shape index (κ3) is 3.19. The summed E-state index contributed by atoms with van der Waals surface area (Å²) in [6.07, 6.45) is 1.02. The highest BCUT2D eigenvalue weighted by molar-refractivity contribution is 7.10. The molecule has 1 aromatic heterocycles. The van der Waals surface area contributed by atoms with Gasteiger partial charge in [0, 0.05) is 4.88 Å². The lowest BCUT2D eigenvalue weighted by molar-refractivity contribution is 0.124. The van der Waals surface area contributed by atoms with Gasteiger partial charge in [-0.05, 0) is 35.9 Å². The molecule has 2 rings (SSSR count). The van der Waals surface area contributed by atoms with Crippen LogP contribution < -0.4 is 0 Å². The Balaban J connectivity index is 1.72. The van der Waals surface area contributed by atoms with Gasteiger partial charge in [0.05, 0.1) is 13.2 Å². The Morgan fingerprint density at radius 2 is 1.94 bits per heavy atom. The summed E-state index contributed by atoms with van der Waals surface area (Å²) < 4.78 is 5.65. The molecular formula is C14H16OS. The van der Waals surface area contributed by atoms with Crippen LogP contribution in [-0.4, -0.2) is 6.61 Å². The average Bonchev–Trinajstić information content (AvgIpc) is 2.72. The molecule has 0 saturated heterocycles. The van der Waals surface area contributed by atoms with Gasteiger partial charge >= 0.3 is 0 Å². The van der Waals surface area contributed by atoms with Crippen molar-refractivity contribution in [3.8, 4) is 0 Å².